The van der Waals surface area contributed by atoms with Gasteiger partial charge < -0.3 is 14.2 Å². The lowest BCUT2D eigenvalue weighted by Crippen LogP contribution is -2.48. The summed E-state index contributed by atoms with van der Waals surface area (Å²) in [5, 5.41) is 11.5. The summed E-state index contributed by atoms with van der Waals surface area (Å²) in [7, 11) is -3.74. The number of amides is 1. The van der Waals surface area contributed by atoms with Crippen molar-refractivity contribution in [3.05, 3.63) is 52.5 Å². The minimum Gasteiger partial charge on any atom is -0.459 e. The molecule has 1 amide bonds. The fraction of sp³-hybridized carbons (Fsp3) is 0.312. The molecule has 0 saturated carbocycles. The number of carbonyl (C=O) groups excluding carboxylic acids is 1. The lowest BCUT2D eigenvalue weighted by atomic mass is 10.2. The first kappa shape index (κ1) is 17.9. The molecular weight excluding hydrogens is 362 g/mol. The number of para-hydroxylation sites is 1. The highest BCUT2D eigenvalue weighted by Crippen LogP contribution is 2.35. The lowest BCUT2D eigenvalue weighted by molar-refractivity contribution is -0.387. The largest absolute Gasteiger partial charge is 0.459 e. The second kappa shape index (κ2) is 6.79. The van der Waals surface area contributed by atoms with Gasteiger partial charge in [-0.15, -0.1) is 0 Å². The number of hydrogen-bond donors (Lipinski definition) is 0. The van der Waals surface area contributed by atoms with Crippen LogP contribution in [0, 0.1) is 10.1 Å². The molecule has 0 N–H and O–H groups in total. The molecule has 0 bridgehead atoms. The maximum atomic E-state index is 12.3. The molecule has 0 spiro atoms. The molecule has 1 aliphatic rings. The van der Waals surface area contributed by atoms with Gasteiger partial charge in [-0.3, -0.25) is 14.9 Å². The Bertz CT molecular complexity index is 931. The standard InChI is InChI=1S/C16H17N3O6S/c1-26(23,24)14-6-2-4-12(15(14)19(21)22)17-7-9-18(10-8-17)16(20)13-5-3-11-25-13/h2-6,11H,7-10H2,1H3. The van der Waals surface area contributed by atoms with Crippen LogP contribution in [0.1, 0.15) is 10.6 Å². The molecule has 1 saturated heterocycles. The van der Waals surface area contributed by atoms with Crippen LogP contribution in [0.3, 0.4) is 0 Å². The topological polar surface area (TPSA) is 114 Å². The van der Waals surface area contributed by atoms with Crippen LogP contribution in [0.5, 0.6) is 0 Å². The highest BCUT2D eigenvalue weighted by molar-refractivity contribution is 7.90. The van der Waals surface area contributed by atoms with E-state index in [1.165, 1.54) is 24.5 Å². The Hall–Kier alpha value is -2.88. The van der Waals surface area contributed by atoms with Crippen molar-refractivity contribution in [2.75, 3.05) is 37.3 Å². The maximum Gasteiger partial charge on any atom is 0.311 e. The number of nitrogens with zero attached hydrogens (tertiary/aromatic N) is 3. The third kappa shape index (κ3) is 3.40. The monoisotopic (exact) mass is 379 g/mol. The van der Waals surface area contributed by atoms with E-state index in [2.05, 4.69) is 0 Å². The minimum atomic E-state index is -3.74. The quantitative estimate of drug-likeness (QED) is 0.585. The summed E-state index contributed by atoms with van der Waals surface area (Å²) in [5.74, 6) is -0.00228. The number of furan rings is 1. The van der Waals surface area contributed by atoms with E-state index in [4.69, 9.17) is 4.42 Å². The Morgan fingerprint density at radius 1 is 1.15 bits per heavy atom. The third-order valence-corrected chi connectivity index (χ3v) is 5.33. The summed E-state index contributed by atoms with van der Waals surface area (Å²) in [6.45, 7) is 1.39. The van der Waals surface area contributed by atoms with E-state index in [-0.39, 0.29) is 22.3 Å². The van der Waals surface area contributed by atoms with Gasteiger partial charge in [-0.05, 0) is 24.3 Å². The van der Waals surface area contributed by atoms with Crippen molar-refractivity contribution in [2.24, 2.45) is 0 Å². The van der Waals surface area contributed by atoms with Crippen molar-refractivity contribution in [1.29, 1.82) is 0 Å². The van der Waals surface area contributed by atoms with Gasteiger partial charge in [-0.1, -0.05) is 6.07 Å². The fourth-order valence-electron chi connectivity index (χ4n) is 2.96. The average molecular weight is 379 g/mol. The number of nitro benzene ring substituents is 1. The smallest absolute Gasteiger partial charge is 0.311 e. The molecule has 3 rings (SSSR count). The first-order valence-electron chi connectivity index (χ1n) is 7.84. The van der Waals surface area contributed by atoms with E-state index in [0.29, 0.717) is 26.2 Å². The van der Waals surface area contributed by atoms with Gasteiger partial charge >= 0.3 is 5.69 Å². The van der Waals surface area contributed by atoms with Gasteiger partial charge in [-0.25, -0.2) is 8.42 Å². The lowest BCUT2D eigenvalue weighted by Gasteiger charge is -2.35. The van der Waals surface area contributed by atoms with Crippen LogP contribution in [-0.4, -0.2) is 56.6 Å². The zero-order valence-electron chi connectivity index (χ0n) is 14.0. The molecule has 9 nitrogen and oxygen atoms in total. The summed E-state index contributed by atoms with van der Waals surface area (Å²) < 4.78 is 28.9. The number of nitro groups is 1. The fourth-order valence-corrected chi connectivity index (χ4v) is 3.81. The number of benzene rings is 1. The molecule has 26 heavy (non-hydrogen) atoms. The normalized spacial score (nSPS) is 15.1. The van der Waals surface area contributed by atoms with Crippen LogP contribution in [0.4, 0.5) is 11.4 Å². The average Bonchev–Trinajstić information content (AvgIpc) is 3.14. The van der Waals surface area contributed by atoms with Gasteiger partial charge in [0.25, 0.3) is 5.91 Å². The number of sulfone groups is 1. The van der Waals surface area contributed by atoms with Gasteiger partial charge in [0, 0.05) is 32.4 Å². The van der Waals surface area contributed by atoms with Crippen molar-refractivity contribution in [2.45, 2.75) is 4.90 Å². The van der Waals surface area contributed by atoms with E-state index in [0.717, 1.165) is 6.26 Å². The molecule has 0 radical (unpaired) electrons. The predicted octanol–water partition coefficient (Wildman–Crippen LogP) is 1.55. The Labute approximate surface area is 149 Å². The second-order valence-electron chi connectivity index (χ2n) is 5.91. The molecule has 10 heteroatoms. The number of piperazine rings is 1. The molecule has 0 aliphatic carbocycles. The summed E-state index contributed by atoms with van der Waals surface area (Å²) in [6, 6.07) is 7.45. The van der Waals surface area contributed by atoms with E-state index in [1.807, 2.05) is 0 Å². The van der Waals surface area contributed by atoms with Crippen LogP contribution in [-0.2, 0) is 9.84 Å². The summed E-state index contributed by atoms with van der Waals surface area (Å²) in [4.78, 5) is 26.1. The van der Waals surface area contributed by atoms with Crippen LogP contribution in [0.15, 0.2) is 45.9 Å². The van der Waals surface area contributed by atoms with Gasteiger partial charge in [0.05, 0.1) is 11.2 Å². The zero-order valence-corrected chi connectivity index (χ0v) is 14.8. The predicted molar refractivity (Wildman–Crippen MR) is 93.0 cm³/mol. The molecule has 138 valence electrons. The van der Waals surface area contributed by atoms with Crippen molar-refractivity contribution in [1.82, 2.24) is 4.90 Å². The molecule has 1 aromatic carbocycles. The number of rotatable bonds is 4. The second-order valence-corrected chi connectivity index (χ2v) is 7.89. The van der Waals surface area contributed by atoms with Crippen molar-refractivity contribution < 1.29 is 22.6 Å². The van der Waals surface area contributed by atoms with Crippen LogP contribution >= 0.6 is 0 Å². The highest BCUT2D eigenvalue weighted by atomic mass is 32.2. The van der Waals surface area contributed by atoms with E-state index >= 15 is 0 Å². The first-order chi connectivity index (χ1) is 12.3. The van der Waals surface area contributed by atoms with E-state index in [1.54, 1.807) is 21.9 Å². The first-order valence-corrected chi connectivity index (χ1v) is 9.73. The van der Waals surface area contributed by atoms with Crippen molar-refractivity contribution >= 4 is 27.1 Å². The zero-order chi connectivity index (χ0) is 18.9. The summed E-state index contributed by atoms with van der Waals surface area (Å²) in [5.41, 5.74) is -0.191. The van der Waals surface area contributed by atoms with Gasteiger partial charge in [0.1, 0.15) is 10.6 Å². The third-order valence-electron chi connectivity index (χ3n) is 4.20. The Balaban J connectivity index is 1.84. The number of carbonyl (C=O) groups is 1. The van der Waals surface area contributed by atoms with Crippen LogP contribution in [0.25, 0.3) is 0 Å². The molecule has 2 heterocycles. The molecule has 0 atom stereocenters. The molecule has 1 fully saturated rings. The van der Waals surface area contributed by atoms with Gasteiger partial charge in [0.15, 0.2) is 15.6 Å². The van der Waals surface area contributed by atoms with Gasteiger partial charge in [0.2, 0.25) is 0 Å². The minimum absolute atomic E-state index is 0.239. The molecule has 1 aromatic heterocycles. The Kier molecular flexibility index (Phi) is 4.68. The summed E-state index contributed by atoms with van der Waals surface area (Å²) >= 11 is 0. The molecule has 2 aromatic rings. The number of anilines is 1. The van der Waals surface area contributed by atoms with Crippen molar-refractivity contribution in [3.63, 3.8) is 0 Å². The van der Waals surface area contributed by atoms with E-state index < -0.39 is 20.4 Å². The summed E-state index contributed by atoms with van der Waals surface area (Å²) in [6.07, 6.45) is 2.36. The SMILES string of the molecule is CS(=O)(=O)c1cccc(N2CCN(C(=O)c3ccco3)CC2)c1[N+](=O)[O-]. The van der Waals surface area contributed by atoms with E-state index in [9.17, 15) is 23.3 Å². The number of hydrogen-bond acceptors (Lipinski definition) is 7. The molecule has 1 aliphatic heterocycles. The Morgan fingerprint density at radius 2 is 1.85 bits per heavy atom. The molecular formula is C16H17N3O6S. The van der Waals surface area contributed by atoms with Crippen molar-refractivity contribution in [3.8, 4) is 0 Å². The van der Waals surface area contributed by atoms with Crippen LogP contribution in [0.2, 0.25) is 0 Å². The maximum absolute atomic E-state index is 12.3. The Morgan fingerprint density at radius 3 is 2.38 bits per heavy atom. The van der Waals surface area contributed by atoms with Gasteiger partial charge in [-0.2, -0.15) is 0 Å². The highest BCUT2D eigenvalue weighted by Gasteiger charge is 2.31. The van der Waals surface area contributed by atoms with Crippen LogP contribution < -0.4 is 4.90 Å². The molecule has 0 unspecified atom stereocenters.